The lowest BCUT2D eigenvalue weighted by atomic mass is 10.1. The summed E-state index contributed by atoms with van der Waals surface area (Å²) in [5, 5.41) is 0.990. The Hall–Kier alpha value is -1.11. The van der Waals surface area contributed by atoms with Gasteiger partial charge >= 0.3 is 0 Å². The standard InChI is InChI=1S/C16H11Cl2IN2O/c17-10-7-11(18)9-12(8-10)20-15-13-3-1-2-4-14(13)21(6-5-19)16(15)22/h1-4,7-9H,5-6H2. The number of alkyl halides is 1. The van der Waals surface area contributed by atoms with Gasteiger partial charge in [-0.05, 0) is 24.3 Å². The molecule has 2 aromatic rings. The molecule has 1 aliphatic rings. The van der Waals surface area contributed by atoms with Gasteiger partial charge in [0, 0.05) is 26.6 Å². The molecule has 0 N–H and O–H groups in total. The van der Waals surface area contributed by atoms with E-state index in [9.17, 15) is 4.79 Å². The fraction of sp³-hybridized carbons (Fsp3) is 0.125. The summed E-state index contributed by atoms with van der Waals surface area (Å²) in [5.74, 6) is -0.0889. The first-order valence-electron chi connectivity index (χ1n) is 6.62. The van der Waals surface area contributed by atoms with E-state index >= 15 is 0 Å². The van der Waals surface area contributed by atoms with Crippen LogP contribution in [0.15, 0.2) is 47.5 Å². The first-order valence-corrected chi connectivity index (χ1v) is 8.90. The third-order valence-corrected chi connectivity index (χ3v) is 4.21. The number of amides is 1. The highest BCUT2D eigenvalue weighted by Gasteiger charge is 2.33. The second-order valence-corrected chi connectivity index (χ2v) is 6.70. The predicted molar refractivity (Wildman–Crippen MR) is 100 cm³/mol. The van der Waals surface area contributed by atoms with Crippen molar-refractivity contribution >= 4 is 68.8 Å². The highest BCUT2D eigenvalue weighted by molar-refractivity contribution is 14.1. The zero-order chi connectivity index (χ0) is 15.7. The van der Waals surface area contributed by atoms with Crippen LogP contribution in [0.1, 0.15) is 5.56 Å². The van der Waals surface area contributed by atoms with Crippen molar-refractivity contribution in [1.82, 2.24) is 0 Å². The van der Waals surface area contributed by atoms with Crippen LogP contribution in [0.3, 0.4) is 0 Å². The number of carbonyl (C=O) groups is 1. The minimum atomic E-state index is -0.0889. The largest absolute Gasteiger partial charge is 0.306 e. The minimum Gasteiger partial charge on any atom is -0.306 e. The van der Waals surface area contributed by atoms with Crippen LogP contribution >= 0.6 is 45.8 Å². The molecule has 3 nitrogen and oxygen atoms in total. The number of benzene rings is 2. The summed E-state index contributed by atoms with van der Waals surface area (Å²) < 4.78 is 0.855. The van der Waals surface area contributed by atoms with E-state index in [4.69, 9.17) is 23.2 Å². The number of anilines is 1. The maximum Gasteiger partial charge on any atom is 0.277 e. The SMILES string of the molecule is O=C1C(=Nc2cc(Cl)cc(Cl)c2)c2ccccc2N1CCI. The zero-order valence-corrected chi connectivity index (χ0v) is 15.1. The van der Waals surface area contributed by atoms with Crippen molar-refractivity contribution < 1.29 is 4.79 Å². The number of aliphatic imine (C=N–C) groups is 1. The van der Waals surface area contributed by atoms with Crippen LogP contribution < -0.4 is 4.90 Å². The molecule has 0 saturated heterocycles. The molecule has 0 unspecified atom stereocenters. The fourth-order valence-corrected chi connectivity index (χ4v) is 3.41. The quantitative estimate of drug-likeness (QED) is 0.489. The lowest BCUT2D eigenvalue weighted by molar-refractivity contribution is -0.112. The normalized spacial score (nSPS) is 15.5. The number of fused-ring (bicyclic) bond motifs is 1. The highest BCUT2D eigenvalue weighted by atomic mass is 127. The third-order valence-electron chi connectivity index (χ3n) is 3.29. The van der Waals surface area contributed by atoms with Gasteiger partial charge in [0.15, 0.2) is 0 Å². The van der Waals surface area contributed by atoms with Gasteiger partial charge in [0.1, 0.15) is 5.71 Å². The minimum absolute atomic E-state index is 0.0889. The molecule has 2 aromatic carbocycles. The van der Waals surface area contributed by atoms with E-state index in [1.165, 1.54) is 0 Å². The average molecular weight is 445 g/mol. The molecule has 0 saturated carbocycles. The Morgan fingerprint density at radius 2 is 1.77 bits per heavy atom. The van der Waals surface area contributed by atoms with Gasteiger partial charge in [-0.2, -0.15) is 0 Å². The highest BCUT2D eigenvalue weighted by Crippen LogP contribution is 2.32. The Balaban J connectivity index is 2.10. The van der Waals surface area contributed by atoms with Gasteiger partial charge in [0.25, 0.3) is 5.91 Å². The average Bonchev–Trinajstić information content (AvgIpc) is 2.73. The molecule has 22 heavy (non-hydrogen) atoms. The molecule has 3 rings (SSSR count). The number of rotatable bonds is 3. The van der Waals surface area contributed by atoms with Gasteiger partial charge < -0.3 is 4.90 Å². The van der Waals surface area contributed by atoms with Gasteiger partial charge in [0.05, 0.1) is 11.4 Å². The predicted octanol–water partition coefficient (Wildman–Crippen LogP) is 4.90. The molecular formula is C16H11Cl2IN2O. The number of hydrogen-bond donors (Lipinski definition) is 0. The van der Waals surface area contributed by atoms with E-state index in [2.05, 4.69) is 27.6 Å². The molecule has 0 radical (unpaired) electrons. The van der Waals surface area contributed by atoms with Gasteiger partial charge in [-0.3, -0.25) is 4.79 Å². The Morgan fingerprint density at radius 1 is 1.09 bits per heavy atom. The van der Waals surface area contributed by atoms with Gasteiger partial charge in [-0.1, -0.05) is 64.0 Å². The Kier molecular flexibility index (Phi) is 4.70. The van der Waals surface area contributed by atoms with E-state index < -0.39 is 0 Å². The molecule has 0 aromatic heterocycles. The molecule has 0 atom stereocenters. The summed E-state index contributed by atoms with van der Waals surface area (Å²) in [6.45, 7) is 0.658. The maximum absolute atomic E-state index is 12.7. The van der Waals surface area contributed by atoms with Gasteiger partial charge in [0.2, 0.25) is 0 Å². The van der Waals surface area contributed by atoms with Gasteiger partial charge in [-0.25, -0.2) is 4.99 Å². The smallest absolute Gasteiger partial charge is 0.277 e. The summed E-state index contributed by atoms with van der Waals surface area (Å²) in [7, 11) is 0. The van der Waals surface area contributed by atoms with Crippen molar-refractivity contribution in [2.24, 2.45) is 4.99 Å². The van der Waals surface area contributed by atoms with Crippen LogP contribution in [0.4, 0.5) is 11.4 Å². The van der Waals surface area contributed by atoms with Crippen molar-refractivity contribution in [2.75, 3.05) is 15.9 Å². The summed E-state index contributed by atoms with van der Waals surface area (Å²) in [6.07, 6.45) is 0. The molecule has 6 heteroatoms. The number of para-hydroxylation sites is 1. The lowest BCUT2D eigenvalue weighted by Crippen LogP contribution is -2.31. The summed E-state index contributed by atoms with van der Waals surface area (Å²) in [5.41, 5.74) is 2.75. The van der Waals surface area contributed by atoms with Crippen LogP contribution in [-0.2, 0) is 4.79 Å². The molecule has 1 aliphatic heterocycles. The second kappa shape index (κ2) is 6.56. The van der Waals surface area contributed by atoms with Crippen LogP contribution in [-0.4, -0.2) is 22.6 Å². The molecular weight excluding hydrogens is 434 g/mol. The van der Waals surface area contributed by atoms with Gasteiger partial charge in [-0.15, -0.1) is 0 Å². The summed E-state index contributed by atoms with van der Waals surface area (Å²) >= 11 is 14.3. The molecule has 1 heterocycles. The molecule has 0 fully saturated rings. The first-order chi connectivity index (χ1) is 10.6. The van der Waals surface area contributed by atoms with Crippen molar-refractivity contribution in [2.45, 2.75) is 0 Å². The zero-order valence-electron chi connectivity index (χ0n) is 11.4. The molecule has 0 bridgehead atoms. The summed E-state index contributed by atoms with van der Waals surface area (Å²) in [6, 6.07) is 12.7. The summed E-state index contributed by atoms with van der Waals surface area (Å²) in [4.78, 5) is 18.9. The fourth-order valence-electron chi connectivity index (χ4n) is 2.41. The maximum atomic E-state index is 12.7. The van der Waals surface area contributed by atoms with Crippen LogP contribution in [0.2, 0.25) is 10.0 Å². The van der Waals surface area contributed by atoms with Crippen molar-refractivity contribution in [3.8, 4) is 0 Å². The lowest BCUT2D eigenvalue weighted by Gasteiger charge is -2.14. The molecule has 0 spiro atoms. The van der Waals surface area contributed by atoms with E-state index in [0.717, 1.165) is 15.7 Å². The van der Waals surface area contributed by atoms with Crippen LogP contribution in [0, 0.1) is 0 Å². The number of halogens is 3. The number of carbonyl (C=O) groups excluding carboxylic acids is 1. The number of nitrogens with zero attached hydrogens (tertiary/aromatic N) is 2. The Labute approximate surface area is 152 Å². The molecule has 112 valence electrons. The Bertz CT molecular complexity index is 756. The van der Waals surface area contributed by atoms with Crippen molar-refractivity contribution in [1.29, 1.82) is 0 Å². The van der Waals surface area contributed by atoms with Crippen LogP contribution in [0.25, 0.3) is 0 Å². The van der Waals surface area contributed by atoms with E-state index in [0.29, 0.717) is 28.0 Å². The Morgan fingerprint density at radius 3 is 2.45 bits per heavy atom. The second-order valence-electron chi connectivity index (χ2n) is 4.75. The first kappa shape index (κ1) is 15.8. The van der Waals surface area contributed by atoms with E-state index in [1.54, 1.807) is 23.1 Å². The molecule has 0 aliphatic carbocycles. The number of hydrogen-bond acceptors (Lipinski definition) is 2. The van der Waals surface area contributed by atoms with Crippen molar-refractivity contribution in [3.63, 3.8) is 0 Å². The topological polar surface area (TPSA) is 32.7 Å². The van der Waals surface area contributed by atoms with E-state index in [-0.39, 0.29) is 5.91 Å². The van der Waals surface area contributed by atoms with Crippen LogP contribution in [0.5, 0.6) is 0 Å². The molecule has 1 amide bonds. The third kappa shape index (κ3) is 3.00. The van der Waals surface area contributed by atoms with E-state index in [1.807, 2.05) is 24.3 Å². The monoisotopic (exact) mass is 444 g/mol. The van der Waals surface area contributed by atoms with Crippen molar-refractivity contribution in [3.05, 3.63) is 58.1 Å².